The summed E-state index contributed by atoms with van der Waals surface area (Å²) in [6.45, 7) is 2.00. The summed E-state index contributed by atoms with van der Waals surface area (Å²) in [6, 6.07) is 3.36. The minimum absolute atomic E-state index is 0.0592. The zero-order chi connectivity index (χ0) is 15.5. The van der Waals surface area contributed by atoms with E-state index in [0.29, 0.717) is 31.7 Å². The Balaban J connectivity index is 1.76. The van der Waals surface area contributed by atoms with Crippen LogP contribution in [0.3, 0.4) is 0 Å². The third-order valence-electron chi connectivity index (χ3n) is 4.63. The average molecular weight is 309 g/mol. The van der Waals surface area contributed by atoms with Crippen LogP contribution in [0.25, 0.3) is 0 Å². The van der Waals surface area contributed by atoms with Gasteiger partial charge >= 0.3 is 0 Å². The molecule has 0 spiro atoms. The first-order chi connectivity index (χ1) is 10.6. The molecule has 0 aromatic heterocycles. The third-order valence-corrected chi connectivity index (χ3v) is 4.63. The summed E-state index contributed by atoms with van der Waals surface area (Å²) < 4.78 is 32.5. The van der Waals surface area contributed by atoms with Crippen molar-refractivity contribution in [3.05, 3.63) is 35.4 Å². The van der Waals surface area contributed by atoms with Crippen molar-refractivity contribution >= 4 is 5.91 Å². The van der Waals surface area contributed by atoms with E-state index in [1.165, 1.54) is 12.1 Å². The predicted molar refractivity (Wildman–Crippen MR) is 78.2 cm³/mol. The van der Waals surface area contributed by atoms with Crippen LogP contribution < -0.4 is 0 Å². The fourth-order valence-corrected chi connectivity index (χ4v) is 3.43. The molecule has 0 aliphatic carbocycles. The molecule has 22 heavy (non-hydrogen) atoms. The maximum atomic E-state index is 14.1. The molecule has 1 aromatic rings. The molecule has 1 amide bonds. The summed E-state index contributed by atoms with van der Waals surface area (Å²) >= 11 is 0. The van der Waals surface area contributed by atoms with Gasteiger partial charge in [0.25, 0.3) is 0 Å². The molecule has 2 fully saturated rings. The Kier molecular flexibility index (Phi) is 4.71. The van der Waals surface area contributed by atoms with E-state index in [1.807, 2.05) is 0 Å². The normalized spacial score (nSPS) is 25.5. The van der Waals surface area contributed by atoms with Crippen molar-refractivity contribution in [2.75, 3.05) is 19.8 Å². The van der Waals surface area contributed by atoms with Crippen LogP contribution in [0.15, 0.2) is 18.2 Å². The number of amides is 1. The topological polar surface area (TPSA) is 29.5 Å². The molecular formula is C17H21F2NO2. The molecule has 0 saturated carbocycles. The van der Waals surface area contributed by atoms with Crippen LogP contribution in [0.5, 0.6) is 0 Å². The highest BCUT2D eigenvalue weighted by Gasteiger charge is 2.31. The lowest BCUT2D eigenvalue weighted by Crippen LogP contribution is -2.39. The van der Waals surface area contributed by atoms with E-state index in [0.717, 1.165) is 31.7 Å². The van der Waals surface area contributed by atoms with Gasteiger partial charge in [-0.05, 0) is 37.7 Å². The first-order valence-electron chi connectivity index (χ1n) is 7.97. The molecule has 3 nitrogen and oxygen atoms in total. The van der Waals surface area contributed by atoms with Gasteiger partial charge in [-0.25, -0.2) is 8.78 Å². The van der Waals surface area contributed by atoms with Crippen molar-refractivity contribution in [1.29, 1.82) is 0 Å². The minimum Gasteiger partial charge on any atom is -0.381 e. The largest absolute Gasteiger partial charge is 0.381 e. The number of piperidine rings is 1. The highest BCUT2D eigenvalue weighted by atomic mass is 19.1. The summed E-state index contributed by atoms with van der Waals surface area (Å²) in [5.74, 6) is -0.816. The lowest BCUT2D eigenvalue weighted by molar-refractivity contribution is -0.136. The van der Waals surface area contributed by atoms with Crippen LogP contribution in [0.4, 0.5) is 8.78 Å². The van der Waals surface area contributed by atoms with E-state index < -0.39 is 11.6 Å². The van der Waals surface area contributed by atoms with Crippen LogP contribution in [-0.4, -0.2) is 30.6 Å². The molecule has 120 valence electrons. The van der Waals surface area contributed by atoms with Gasteiger partial charge in [-0.3, -0.25) is 4.79 Å². The standard InChI is InChI=1S/C17H21F2NO2/c18-13-4-5-14(15(19)10-13)16-3-1-2-7-20(16)17(21)9-12-6-8-22-11-12/h4-5,10,12,16H,1-3,6-9,11H2. The Morgan fingerprint density at radius 2 is 2.14 bits per heavy atom. The van der Waals surface area contributed by atoms with Crippen LogP contribution >= 0.6 is 0 Å². The van der Waals surface area contributed by atoms with E-state index in [1.54, 1.807) is 4.90 Å². The van der Waals surface area contributed by atoms with Crippen molar-refractivity contribution in [3.8, 4) is 0 Å². The summed E-state index contributed by atoms with van der Waals surface area (Å²) in [7, 11) is 0. The Bertz CT molecular complexity index is 543. The second-order valence-corrected chi connectivity index (χ2v) is 6.20. The van der Waals surface area contributed by atoms with E-state index in [9.17, 15) is 13.6 Å². The number of hydrogen-bond acceptors (Lipinski definition) is 2. The Labute approximate surface area is 129 Å². The summed E-state index contributed by atoms with van der Waals surface area (Å²) in [4.78, 5) is 14.4. The number of rotatable bonds is 3. The number of nitrogens with zero attached hydrogens (tertiary/aromatic N) is 1. The second-order valence-electron chi connectivity index (χ2n) is 6.20. The first kappa shape index (κ1) is 15.4. The molecule has 2 atom stereocenters. The smallest absolute Gasteiger partial charge is 0.223 e. The second kappa shape index (κ2) is 6.73. The molecule has 2 saturated heterocycles. The molecule has 0 N–H and O–H groups in total. The van der Waals surface area contributed by atoms with E-state index >= 15 is 0 Å². The number of likely N-dealkylation sites (tertiary alicyclic amines) is 1. The number of carbonyl (C=O) groups is 1. The molecule has 2 unspecified atom stereocenters. The Hall–Kier alpha value is -1.49. The summed E-state index contributed by atoms with van der Waals surface area (Å²) in [6.07, 6.45) is 3.99. The maximum absolute atomic E-state index is 14.1. The van der Waals surface area contributed by atoms with Gasteiger partial charge in [-0.15, -0.1) is 0 Å². The lowest BCUT2D eigenvalue weighted by atomic mass is 9.93. The molecule has 5 heteroatoms. The molecule has 3 rings (SSSR count). The summed E-state index contributed by atoms with van der Waals surface area (Å²) in [5, 5.41) is 0. The van der Waals surface area contributed by atoms with E-state index in [2.05, 4.69) is 0 Å². The van der Waals surface area contributed by atoms with Gasteiger partial charge in [0, 0.05) is 37.8 Å². The molecule has 1 aromatic carbocycles. The van der Waals surface area contributed by atoms with Crippen LogP contribution in [0, 0.1) is 17.6 Å². The summed E-state index contributed by atoms with van der Waals surface area (Å²) in [5.41, 5.74) is 0.428. The molecular weight excluding hydrogens is 288 g/mol. The van der Waals surface area contributed by atoms with Crippen LogP contribution in [0.2, 0.25) is 0 Å². The van der Waals surface area contributed by atoms with Crippen molar-refractivity contribution in [2.24, 2.45) is 5.92 Å². The van der Waals surface area contributed by atoms with Crippen molar-refractivity contribution in [1.82, 2.24) is 4.90 Å². The van der Waals surface area contributed by atoms with E-state index in [4.69, 9.17) is 4.74 Å². The number of halogens is 2. The molecule has 0 radical (unpaired) electrons. The van der Waals surface area contributed by atoms with Gasteiger partial charge in [-0.1, -0.05) is 6.07 Å². The predicted octanol–water partition coefficient (Wildman–Crippen LogP) is 3.45. The van der Waals surface area contributed by atoms with E-state index in [-0.39, 0.29) is 17.9 Å². The Morgan fingerprint density at radius 1 is 1.27 bits per heavy atom. The number of carbonyl (C=O) groups excluding carboxylic acids is 1. The zero-order valence-electron chi connectivity index (χ0n) is 12.6. The fourth-order valence-electron chi connectivity index (χ4n) is 3.43. The molecule has 2 aliphatic rings. The van der Waals surface area contributed by atoms with Crippen molar-refractivity contribution in [2.45, 2.75) is 38.1 Å². The van der Waals surface area contributed by atoms with Crippen molar-refractivity contribution < 1.29 is 18.3 Å². The van der Waals surface area contributed by atoms with Crippen LogP contribution in [0.1, 0.15) is 43.7 Å². The molecule has 0 bridgehead atoms. The van der Waals surface area contributed by atoms with Gasteiger partial charge in [0.1, 0.15) is 11.6 Å². The maximum Gasteiger partial charge on any atom is 0.223 e. The third kappa shape index (κ3) is 3.29. The van der Waals surface area contributed by atoms with Gasteiger partial charge in [-0.2, -0.15) is 0 Å². The number of hydrogen-bond donors (Lipinski definition) is 0. The highest BCUT2D eigenvalue weighted by molar-refractivity contribution is 5.77. The lowest BCUT2D eigenvalue weighted by Gasteiger charge is -2.36. The average Bonchev–Trinajstić information content (AvgIpc) is 3.00. The van der Waals surface area contributed by atoms with Crippen LogP contribution in [-0.2, 0) is 9.53 Å². The molecule has 2 heterocycles. The SMILES string of the molecule is O=C(CC1CCOC1)N1CCCCC1c1ccc(F)cc1F. The van der Waals surface area contributed by atoms with Gasteiger partial charge in [0.15, 0.2) is 0 Å². The monoisotopic (exact) mass is 309 g/mol. The van der Waals surface area contributed by atoms with Gasteiger partial charge in [0.2, 0.25) is 5.91 Å². The number of benzene rings is 1. The molecule has 2 aliphatic heterocycles. The first-order valence-corrected chi connectivity index (χ1v) is 7.97. The minimum atomic E-state index is -0.585. The number of ether oxygens (including phenoxy) is 1. The quantitative estimate of drug-likeness (QED) is 0.856. The fraction of sp³-hybridized carbons (Fsp3) is 0.588. The van der Waals surface area contributed by atoms with Crippen molar-refractivity contribution in [3.63, 3.8) is 0 Å². The highest BCUT2D eigenvalue weighted by Crippen LogP contribution is 2.34. The Morgan fingerprint density at radius 3 is 2.86 bits per heavy atom. The zero-order valence-corrected chi connectivity index (χ0v) is 12.6. The van der Waals surface area contributed by atoms with Gasteiger partial charge < -0.3 is 9.64 Å². The van der Waals surface area contributed by atoms with Gasteiger partial charge in [0.05, 0.1) is 6.04 Å².